The molecule has 1 aromatic heterocycles. The Bertz CT molecular complexity index is 699. The Kier molecular flexibility index (Phi) is 4.37. The van der Waals surface area contributed by atoms with Crippen LogP contribution in [0.5, 0.6) is 5.88 Å². The Morgan fingerprint density at radius 3 is 2.70 bits per heavy atom. The van der Waals surface area contributed by atoms with Crippen LogP contribution in [-0.4, -0.2) is 25.4 Å². The van der Waals surface area contributed by atoms with E-state index >= 15 is 0 Å². The van der Waals surface area contributed by atoms with Crippen LogP contribution in [0.2, 0.25) is 0 Å². The number of aryl methyl sites for hydroxylation is 1. The molecule has 0 spiro atoms. The van der Waals surface area contributed by atoms with Gasteiger partial charge in [-0.3, -0.25) is 4.79 Å². The Morgan fingerprint density at radius 2 is 2.04 bits per heavy atom. The van der Waals surface area contributed by atoms with Gasteiger partial charge in [0, 0.05) is 12.3 Å². The Balaban J connectivity index is 1.54. The lowest BCUT2D eigenvalue weighted by Gasteiger charge is -2.15. The highest BCUT2D eigenvalue weighted by Gasteiger charge is 2.52. The van der Waals surface area contributed by atoms with E-state index in [9.17, 15) is 4.79 Å². The van der Waals surface area contributed by atoms with Gasteiger partial charge in [-0.2, -0.15) is 0 Å². The molecule has 2 aromatic rings. The van der Waals surface area contributed by atoms with Gasteiger partial charge in [-0.15, -0.1) is 0 Å². The second-order valence-electron chi connectivity index (χ2n) is 6.01. The van der Waals surface area contributed by atoms with Crippen molar-refractivity contribution in [3.8, 4) is 5.88 Å². The molecule has 0 N–H and O–H groups in total. The summed E-state index contributed by atoms with van der Waals surface area (Å²) < 4.78 is 11.1. The number of nitrogens with zero attached hydrogens (tertiary/aromatic N) is 1. The van der Waals surface area contributed by atoms with Gasteiger partial charge in [0.05, 0.1) is 0 Å². The largest absolute Gasteiger partial charge is 0.476 e. The fourth-order valence-electron chi connectivity index (χ4n) is 2.27. The minimum Gasteiger partial charge on any atom is -0.476 e. The van der Waals surface area contributed by atoms with Gasteiger partial charge in [0.2, 0.25) is 5.88 Å². The van der Waals surface area contributed by atoms with Gasteiger partial charge in [0.25, 0.3) is 0 Å². The molecule has 0 bridgehead atoms. The minimum absolute atomic E-state index is 0.200. The van der Waals surface area contributed by atoms with Crippen molar-refractivity contribution in [2.45, 2.75) is 26.4 Å². The van der Waals surface area contributed by atoms with Gasteiger partial charge < -0.3 is 9.47 Å². The molecule has 3 rings (SSSR count). The molecule has 0 unspecified atom stereocenters. The fraction of sp³-hybridized carbons (Fsp3) is 0.333. The molecule has 0 saturated heterocycles. The van der Waals surface area contributed by atoms with E-state index in [0.717, 1.165) is 24.0 Å². The third-order valence-electron chi connectivity index (χ3n) is 4.12. The molecule has 116 valence electrons. The van der Waals surface area contributed by atoms with Crippen molar-refractivity contribution in [1.29, 1.82) is 0 Å². The summed E-state index contributed by atoms with van der Waals surface area (Å²) >= 11 is 0. The Hall–Kier alpha value is -2.30. The molecule has 2 radical (unpaired) electrons. The van der Waals surface area contributed by atoms with Crippen molar-refractivity contribution in [1.82, 2.24) is 4.98 Å². The van der Waals surface area contributed by atoms with Gasteiger partial charge in [-0.05, 0) is 25.3 Å². The third kappa shape index (κ3) is 3.73. The van der Waals surface area contributed by atoms with Gasteiger partial charge in [0.15, 0.2) is 0 Å². The van der Waals surface area contributed by atoms with Gasteiger partial charge in [-0.25, -0.2) is 4.98 Å². The zero-order valence-corrected chi connectivity index (χ0v) is 13.1. The first kappa shape index (κ1) is 15.6. The van der Waals surface area contributed by atoms with Crippen molar-refractivity contribution in [3.63, 3.8) is 0 Å². The molecule has 1 heterocycles. The van der Waals surface area contributed by atoms with E-state index in [2.05, 4.69) is 4.98 Å². The zero-order chi connectivity index (χ0) is 16.3. The second-order valence-corrected chi connectivity index (χ2v) is 6.01. The highest BCUT2D eigenvalue weighted by molar-refractivity contribution is 6.33. The molecule has 0 amide bonds. The van der Waals surface area contributed by atoms with Crippen LogP contribution < -0.4 is 10.2 Å². The molecular formula is C18H18BNO3. The van der Waals surface area contributed by atoms with E-state index in [1.54, 1.807) is 12.3 Å². The average molecular weight is 307 g/mol. The molecule has 1 aromatic carbocycles. The molecular weight excluding hydrogens is 289 g/mol. The number of rotatable bonds is 6. The van der Waals surface area contributed by atoms with Crippen LogP contribution in [0.15, 0.2) is 42.6 Å². The van der Waals surface area contributed by atoms with E-state index in [4.69, 9.17) is 17.3 Å². The topological polar surface area (TPSA) is 48.4 Å². The number of pyridine rings is 1. The van der Waals surface area contributed by atoms with E-state index < -0.39 is 5.41 Å². The predicted molar refractivity (Wildman–Crippen MR) is 87.8 cm³/mol. The van der Waals surface area contributed by atoms with Crippen LogP contribution >= 0.6 is 0 Å². The summed E-state index contributed by atoms with van der Waals surface area (Å²) in [5.41, 5.74) is 1.99. The molecule has 23 heavy (non-hydrogen) atoms. The van der Waals surface area contributed by atoms with Gasteiger partial charge in [0.1, 0.15) is 26.5 Å². The lowest BCUT2D eigenvalue weighted by molar-refractivity contribution is -0.152. The second kappa shape index (κ2) is 6.45. The van der Waals surface area contributed by atoms with Crippen LogP contribution in [-0.2, 0) is 16.1 Å². The molecule has 0 atom stereocenters. The first-order valence-corrected chi connectivity index (χ1v) is 7.65. The standard InChI is InChI=1S/C18H18BNO3/c1-13-9-16(20-10-15(13)19)23-12-18(7-8-18)17(21)22-11-14-5-3-2-4-6-14/h2-6,9-10H,7-8,11-12H2,1H3. The summed E-state index contributed by atoms with van der Waals surface area (Å²) in [7, 11) is 5.73. The summed E-state index contributed by atoms with van der Waals surface area (Å²) in [6, 6.07) is 11.4. The summed E-state index contributed by atoms with van der Waals surface area (Å²) in [4.78, 5) is 16.4. The normalized spacial score (nSPS) is 15.0. The maximum Gasteiger partial charge on any atom is 0.315 e. The maximum absolute atomic E-state index is 12.3. The summed E-state index contributed by atoms with van der Waals surface area (Å²) in [5.74, 6) is 0.285. The number of carbonyl (C=O) groups is 1. The molecule has 1 aliphatic rings. The quantitative estimate of drug-likeness (QED) is 0.606. The summed E-state index contributed by atoms with van der Waals surface area (Å²) in [5, 5.41) is 0. The number of ether oxygens (including phenoxy) is 2. The smallest absolute Gasteiger partial charge is 0.315 e. The predicted octanol–water partition coefficient (Wildman–Crippen LogP) is 2.09. The number of carbonyl (C=O) groups excluding carboxylic acids is 1. The minimum atomic E-state index is -0.522. The Labute approximate surface area is 137 Å². The molecule has 5 heteroatoms. The molecule has 1 fully saturated rings. The van der Waals surface area contributed by atoms with Crippen molar-refractivity contribution < 1.29 is 14.3 Å². The van der Waals surface area contributed by atoms with Crippen molar-refractivity contribution >= 4 is 19.3 Å². The van der Waals surface area contributed by atoms with Crippen LogP contribution in [0.1, 0.15) is 24.0 Å². The maximum atomic E-state index is 12.3. The average Bonchev–Trinajstić information content (AvgIpc) is 3.36. The van der Waals surface area contributed by atoms with Crippen molar-refractivity contribution in [3.05, 3.63) is 53.7 Å². The summed E-state index contributed by atoms with van der Waals surface area (Å²) in [6.07, 6.45) is 3.14. The monoisotopic (exact) mass is 307 g/mol. The van der Waals surface area contributed by atoms with E-state index in [-0.39, 0.29) is 12.6 Å². The van der Waals surface area contributed by atoms with Crippen LogP contribution in [0.25, 0.3) is 0 Å². The highest BCUT2D eigenvalue weighted by atomic mass is 16.5. The number of hydrogen-bond acceptors (Lipinski definition) is 4. The SMILES string of the molecule is [B]c1cnc(OCC2(C(=O)OCc3ccccc3)CC2)cc1C. The fourth-order valence-corrected chi connectivity index (χ4v) is 2.27. The Morgan fingerprint density at radius 1 is 1.30 bits per heavy atom. The van der Waals surface area contributed by atoms with Crippen molar-refractivity contribution in [2.24, 2.45) is 5.41 Å². The lowest BCUT2D eigenvalue weighted by atomic mass is 9.94. The number of hydrogen-bond donors (Lipinski definition) is 0. The zero-order valence-electron chi connectivity index (χ0n) is 13.1. The van der Waals surface area contributed by atoms with E-state index in [1.807, 2.05) is 37.3 Å². The lowest BCUT2D eigenvalue weighted by Crippen LogP contribution is -2.26. The van der Waals surface area contributed by atoms with E-state index in [1.165, 1.54) is 0 Å². The summed E-state index contributed by atoms with van der Waals surface area (Å²) in [6.45, 7) is 2.47. The molecule has 1 saturated carbocycles. The molecule has 0 aliphatic heterocycles. The highest BCUT2D eigenvalue weighted by Crippen LogP contribution is 2.47. The van der Waals surface area contributed by atoms with E-state index in [0.29, 0.717) is 17.9 Å². The number of esters is 1. The van der Waals surface area contributed by atoms with Crippen LogP contribution in [0.4, 0.5) is 0 Å². The van der Waals surface area contributed by atoms with Gasteiger partial charge >= 0.3 is 5.97 Å². The third-order valence-corrected chi connectivity index (χ3v) is 4.12. The molecule has 4 nitrogen and oxygen atoms in total. The van der Waals surface area contributed by atoms with Crippen LogP contribution in [0, 0.1) is 12.3 Å². The van der Waals surface area contributed by atoms with Gasteiger partial charge in [-0.1, -0.05) is 41.4 Å². The first-order valence-electron chi connectivity index (χ1n) is 7.65. The van der Waals surface area contributed by atoms with Crippen LogP contribution in [0.3, 0.4) is 0 Å². The number of benzene rings is 1. The molecule has 1 aliphatic carbocycles. The number of aromatic nitrogens is 1. The first-order chi connectivity index (χ1) is 11.1. The van der Waals surface area contributed by atoms with Crippen molar-refractivity contribution in [2.75, 3.05) is 6.61 Å².